The zero-order chi connectivity index (χ0) is 9.84. The van der Waals surface area contributed by atoms with E-state index in [1.54, 1.807) is 0 Å². The van der Waals surface area contributed by atoms with Gasteiger partial charge in [0.15, 0.2) is 0 Å². The summed E-state index contributed by atoms with van der Waals surface area (Å²) in [6.07, 6.45) is -1.54. The second-order valence-corrected chi connectivity index (χ2v) is 2.75. The highest BCUT2D eigenvalue weighted by Crippen LogP contribution is 2.19. The Bertz CT molecular complexity index is 325. The Morgan fingerprint density at radius 3 is 2.31 bits per heavy atom. The number of hydrogen-bond acceptors (Lipinski definition) is 4. The highest BCUT2D eigenvalue weighted by molar-refractivity contribution is 6.30. The van der Waals surface area contributed by atoms with Crippen molar-refractivity contribution in [3.8, 4) is 0 Å². The van der Waals surface area contributed by atoms with Gasteiger partial charge in [0.25, 0.3) is 0 Å². The Labute approximate surface area is 78.4 Å². The lowest BCUT2D eigenvalue weighted by atomic mass is 10.2. The van der Waals surface area contributed by atoms with E-state index in [-0.39, 0.29) is 5.56 Å². The number of rotatable bonds is 3. The number of nitroso groups, excluding NO2 is 1. The molecule has 13 heavy (non-hydrogen) atoms. The number of nitro groups is 1. The second-order valence-electron chi connectivity index (χ2n) is 2.32. The largest absolute Gasteiger partial charge is 0.365 e. The number of halogens is 1. The van der Waals surface area contributed by atoms with Crippen LogP contribution in [0.3, 0.4) is 0 Å². The Balaban J connectivity index is 2.99. The molecule has 0 saturated carbocycles. The van der Waals surface area contributed by atoms with Gasteiger partial charge >= 0.3 is 6.17 Å². The molecule has 0 heterocycles. The van der Waals surface area contributed by atoms with E-state index in [1.165, 1.54) is 24.3 Å². The van der Waals surface area contributed by atoms with Crippen molar-refractivity contribution in [1.29, 1.82) is 0 Å². The Morgan fingerprint density at radius 1 is 1.38 bits per heavy atom. The number of nitrogens with zero attached hydrogens (tertiary/aromatic N) is 2. The van der Waals surface area contributed by atoms with E-state index in [4.69, 9.17) is 11.6 Å². The maximum atomic E-state index is 10.3. The van der Waals surface area contributed by atoms with Gasteiger partial charge in [0.05, 0.1) is 10.5 Å². The Hall–Kier alpha value is -1.49. The molecule has 0 aromatic heterocycles. The van der Waals surface area contributed by atoms with Crippen LogP contribution in [-0.4, -0.2) is 4.92 Å². The van der Waals surface area contributed by atoms with Crippen molar-refractivity contribution in [2.45, 2.75) is 6.17 Å². The fourth-order valence-corrected chi connectivity index (χ4v) is 0.982. The van der Waals surface area contributed by atoms with E-state index in [1.807, 2.05) is 0 Å². The Morgan fingerprint density at radius 2 is 1.92 bits per heavy atom. The van der Waals surface area contributed by atoms with Crippen LogP contribution in [0.1, 0.15) is 11.7 Å². The predicted molar refractivity (Wildman–Crippen MR) is 47.0 cm³/mol. The first kappa shape index (κ1) is 9.60. The standard InChI is InChI=1S/C7H5ClN2O3/c8-6-3-1-5(2-4-6)7(9-11)10(12)13/h1-4,7H. The molecule has 0 aliphatic rings. The summed E-state index contributed by atoms with van der Waals surface area (Å²) in [7, 11) is 0. The molecule has 68 valence electrons. The van der Waals surface area contributed by atoms with E-state index in [0.717, 1.165) is 0 Å². The van der Waals surface area contributed by atoms with E-state index in [2.05, 4.69) is 5.18 Å². The van der Waals surface area contributed by atoms with Gasteiger partial charge in [-0.3, -0.25) is 10.1 Å². The van der Waals surface area contributed by atoms with Gasteiger partial charge in [-0.1, -0.05) is 11.6 Å². The summed E-state index contributed by atoms with van der Waals surface area (Å²) in [4.78, 5) is 19.6. The molecule has 1 aromatic carbocycles. The molecule has 1 rings (SSSR count). The summed E-state index contributed by atoms with van der Waals surface area (Å²) in [5.41, 5.74) is 0.226. The van der Waals surface area contributed by atoms with Crippen LogP contribution < -0.4 is 0 Å². The van der Waals surface area contributed by atoms with Crippen molar-refractivity contribution in [2.24, 2.45) is 5.18 Å². The quantitative estimate of drug-likeness (QED) is 0.427. The summed E-state index contributed by atoms with van der Waals surface area (Å²) in [5, 5.41) is 13.1. The summed E-state index contributed by atoms with van der Waals surface area (Å²) >= 11 is 5.56. The first-order valence-electron chi connectivity index (χ1n) is 3.36. The lowest BCUT2D eigenvalue weighted by molar-refractivity contribution is -0.527. The molecule has 0 spiro atoms. The van der Waals surface area contributed by atoms with Gasteiger partial charge in [0, 0.05) is 10.2 Å². The minimum atomic E-state index is -1.54. The molecule has 0 bridgehead atoms. The molecule has 0 radical (unpaired) electrons. The van der Waals surface area contributed by atoms with Gasteiger partial charge < -0.3 is 0 Å². The monoisotopic (exact) mass is 200 g/mol. The average molecular weight is 201 g/mol. The fourth-order valence-electron chi connectivity index (χ4n) is 0.856. The van der Waals surface area contributed by atoms with Crippen molar-refractivity contribution in [3.63, 3.8) is 0 Å². The van der Waals surface area contributed by atoms with Crippen molar-refractivity contribution in [2.75, 3.05) is 0 Å². The molecule has 0 aliphatic heterocycles. The van der Waals surface area contributed by atoms with Crippen LogP contribution in [0.25, 0.3) is 0 Å². The van der Waals surface area contributed by atoms with E-state index < -0.39 is 11.1 Å². The van der Waals surface area contributed by atoms with Crippen LogP contribution in [0.5, 0.6) is 0 Å². The van der Waals surface area contributed by atoms with Crippen LogP contribution in [0, 0.1) is 15.0 Å². The summed E-state index contributed by atoms with van der Waals surface area (Å²) in [6, 6.07) is 5.74. The Kier molecular flexibility index (Phi) is 2.92. The first-order valence-corrected chi connectivity index (χ1v) is 3.74. The third-order valence-corrected chi connectivity index (χ3v) is 1.72. The van der Waals surface area contributed by atoms with Crippen molar-refractivity contribution in [1.82, 2.24) is 0 Å². The summed E-state index contributed by atoms with van der Waals surface area (Å²) in [5.74, 6) is 0. The molecule has 1 unspecified atom stereocenters. The SMILES string of the molecule is O=NC(c1ccc(Cl)cc1)[N+](=O)[O-]. The molecular weight excluding hydrogens is 196 g/mol. The molecule has 1 aromatic rings. The highest BCUT2D eigenvalue weighted by atomic mass is 35.5. The summed E-state index contributed by atoms with van der Waals surface area (Å²) < 4.78 is 0. The molecule has 1 atom stereocenters. The minimum absolute atomic E-state index is 0.226. The van der Waals surface area contributed by atoms with Gasteiger partial charge in [-0.25, -0.2) is 0 Å². The van der Waals surface area contributed by atoms with E-state index >= 15 is 0 Å². The van der Waals surface area contributed by atoms with Gasteiger partial charge in [0.2, 0.25) is 0 Å². The molecular formula is C7H5ClN2O3. The maximum absolute atomic E-state index is 10.3. The predicted octanol–water partition coefficient (Wildman–Crippen LogP) is 2.38. The number of hydrogen-bond donors (Lipinski definition) is 0. The average Bonchev–Trinajstić information content (AvgIpc) is 2.09. The minimum Gasteiger partial charge on any atom is -0.262 e. The van der Waals surface area contributed by atoms with Crippen LogP contribution in [0.2, 0.25) is 5.02 Å². The second kappa shape index (κ2) is 3.95. The molecule has 0 saturated heterocycles. The molecule has 0 fully saturated rings. The van der Waals surface area contributed by atoms with Crippen molar-refractivity contribution < 1.29 is 4.92 Å². The van der Waals surface area contributed by atoms with Crippen LogP contribution in [0.15, 0.2) is 29.4 Å². The van der Waals surface area contributed by atoms with Gasteiger partial charge in [-0.05, 0) is 24.3 Å². The highest BCUT2D eigenvalue weighted by Gasteiger charge is 2.22. The third kappa shape index (κ3) is 2.22. The van der Waals surface area contributed by atoms with Crippen LogP contribution >= 0.6 is 11.6 Å². The van der Waals surface area contributed by atoms with Gasteiger partial charge in [0.1, 0.15) is 0 Å². The zero-order valence-electron chi connectivity index (χ0n) is 6.38. The lowest BCUT2D eigenvalue weighted by Gasteiger charge is -2.00. The first-order chi connectivity index (χ1) is 6.15. The molecule has 6 heteroatoms. The van der Waals surface area contributed by atoms with E-state index in [9.17, 15) is 15.0 Å². The fraction of sp³-hybridized carbons (Fsp3) is 0.143. The topological polar surface area (TPSA) is 72.6 Å². The molecule has 0 aliphatic carbocycles. The third-order valence-electron chi connectivity index (χ3n) is 1.47. The summed E-state index contributed by atoms with van der Waals surface area (Å²) in [6.45, 7) is 0. The lowest BCUT2D eigenvalue weighted by Crippen LogP contribution is -2.06. The van der Waals surface area contributed by atoms with Crippen molar-refractivity contribution >= 4 is 11.6 Å². The van der Waals surface area contributed by atoms with E-state index in [0.29, 0.717) is 5.02 Å². The molecule has 5 nitrogen and oxygen atoms in total. The zero-order valence-corrected chi connectivity index (χ0v) is 7.14. The van der Waals surface area contributed by atoms with Crippen molar-refractivity contribution in [3.05, 3.63) is 49.9 Å². The maximum Gasteiger partial charge on any atom is 0.365 e. The van der Waals surface area contributed by atoms with Gasteiger partial charge in [-0.2, -0.15) is 0 Å². The molecule has 0 N–H and O–H groups in total. The molecule has 0 amide bonds. The van der Waals surface area contributed by atoms with Gasteiger partial charge in [-0.15, -0.1) is 4.91 Å². The normalized spacial score (nSPS) is 12.1. The smallest absolute Gasteiger partial charge is 0.262 e. The van der Waals surface area contributed by atoms with Crippen LogP contribution in [-0.2, 0) is 0 Å². The van der Waals surface area contributed by atoms with Crippen LogP contribution in [0.4, 0.5) is 0 Å². The number of benzene rings is 1.